The third-order valence-electron chi connectivity index (χ3n) is 6.35. The van der Waals surface area contributed by atoms with Crippen LogP contribution >= 0.6 is 11.3 Å². The summed E-state index contributed by atoms with van der Waals surface area (Å²) in [7, 11) is 0. The molecule has 3 rings (SSSR count). The molecule has 1 aromatic heterocycles. The molecule has 2 aromatic rings. The summed E-state index contributed by atoms with van der Waals surface area (Å²) in [4.78, 5) is 78.2. The monoisotopic (exact) mass is 721 g/mol. The molecule has 1 aliphatic heterocycles. The van der Waals surface area contributed by atoms with E-state index in [2.05, 4.69) is 17.3 Å². The van der Waals surface area contributed by atoms with Crippen molar-refractivity contribution in [2.75, 3.05) is 0 Å². The van der Waals surface area contributed by atoms with Gasteiger partial charge in [-0.2, -0.15) is 5.43 Å². The molecule has 0 radical (unpaired) electrons. The molecule has 16 nitrogen and oxygen atoms in total. The molecular weight excluding hydrogens is 682 g/mol. The second-order valence-electron chi connectivity index (χ2n) is 12.9. The molecule has 0 saturated carbocycles. The number of esters is 1. The van der Waals surface area contributed by atoms with Crippen LogP contribution in [-0.4, -0.2) is 77.4 Å². The summed E-state index contributed by atoms with van der Waals surface area (Å²) in [5, 5.41) is 13.6. The number of carbonyl (C=O) groups is 5. The predicted octanol–water partition coefficient (Wildman–Crippen LogP) is 3.88. The number of nitro groups is 1. The zero-order valence-electron chi connectivity index (χ0n) is 28.0. The van der Waals surface area contributed by atoms with Crippen LogP contribution in [0.15, 0.2) is 53.9 Å². The summed E-state index contributed by atoms with van der Waals surface area (Å²) in [6, 6.07) is 5.58. The molecule has 2 heterocycles. The van der Waals surface area contributed by atoms with E-state index >= 15 is 0 Å². The highest BCUT2D eigenvalue weighted by Gasteiger charge is 2.63. The first-order chi connectivity index (χ1) is 22.7. The number of hydrogen-bond acceptors (Lipinski definition) is 12. The van der Waals surface area contributed by atoms with Crippen LogP contribution in [0, 0.1) is 10.1 Å². The van der Waals surface area contributed by atoms with E-state index in [0.29, 0.717) is 14.9 Å². The van der Waals surface area contributed by atoms with Gasteiger partial charge in [0, 0.05) is 17.0 Å². The van der Waals surface area contributed by atoms with Gasteiger partial charge in [-0.15, -0.1) is 11.3 Å². The Morgan fingerprint density at radius 1 is 1.08 bits per heavy atom. The number of rotatable bonds is 11. The SMILES string of the molecule is C=C(C)C(C(=O)OCc1ccc([N+](=O)[O-])cc1)N1C(=O)C(NC(=O)Cc2cccs2)C1[S+]([O-])N(NC(=O)OC(C)(C)C)C(=O)OC(C)(C)C. The molecule has 1 aliphatic rings. The van der Waals surface area contributed by atoms with Crippen LogP contribution in [0.5, 0.6) is 0 Å². The van der Waals surface area contributed by atoms with Crippen molar-refractivity contribution in [3.63, 3.8) is 0 Å². The molecule has 4 atom stereocenters. The minimum Gasteiger partial charge on any atom is -0.589 e. The van der Waals surface area contributed by atoms with E-state index in [1.807, 2.05) is 0 Å². The highest BCUT2D eigenvalue weighted by atomic mass is 32.2. The summed E-state index contributed by atoms with van der Waals surface area (Å²) >= 11 is -1.44. The number of hydrogen-bond donors (Lipinski definition) is 2. The summed E-state index contributed by atoms with van der Waals surface area (Å²) in [5.41, 5.74) is 0.258. The van der Waals surface area contributed by atoms with Crippen molar-refractivity contribution in [2.45, 2.75) is 90.2 Å². The second-order valence-corrected chi connectivity index (χ2v) is 15.3. The minimum atomic E-state index is -2.74. The molecule has 0 spiro atoms. The summed E-state index contributed by atoms with van der Waals surface area (Å²) in [6.07, 6.45) is -2.58. The van der Waals surface area contributed by atoms with Gasteiger partial charge in [-0.1, -0.05) is 12.6 Å². The number of hydrazine groups is 1. The van der Waals surface area contributed by atoms with Gasteiger partial charge in [0.15, 0.2) is 12.1 Å². The Morgan fingerprint density at radius 2 is 1.69 bits per heavy atom. The van der Waals surface area contributed by atoms with Gasteiger partial charge >= 0.3 is 18.2 Å². The maximum Gasteiger partial charge on any atom is 0.472 e. The predicted molar refractivity (Wildman–Crippen MR) is 178 cm³/mol. The molecule has 49 heavy (non-hydrogen) atoms. The number of nitrogens with one attached hydrogen (secondary N) is 2. The number of nitro benzene ring substituents is 1. The lowest BCUT2D eigenvalue weighted by atomic mass is 9.99. The van der Waals surface area contributed by atoms with Gasteiger partial charge in [-0.25, -0.2) is 14.4 Å². The molecule has 4 unspecified atom stereocenters. The van der Waals surface area contributed by atoms with Gasteiger partial charge < -0.3 is 24.1 Å². The average Bonchev–Trinajstić information content (AvgIpc) is 3.48. The van der Waals surface area contributed by atoms with Crippen LogP contribution in [0.4, 0.5) is 15.3 Å². The zero-order chi connectivity index (χ0) is 36.8. The number of benzene rings is 1. The van der Waals surface area contributed by atoms with E-state index in [0.717, 1.165) is 4.90 Å². The van der Waals surface area contributed by atoms with Crippen LogP contribution in [0.1, 0.15) is 58.9 Å². The quantitative estimate of drug-likeness (QED) is 0.0647. The number of carbonyl (C=O) groups excluding carboxylic acids is 5. The largest absolute Gasteiger partial charge is 0.589 e. The van der Waals surface area contributed by atoms with Crippen molar-refractivity contribution in [1.82, 2.24) is 20.1 Å². The normalized spacial score (nSPS) is 17.1. The molecule has 1 fully saturated rings. The Balaban J connectivity index is 1.97. The maximum absolute atomic E-state index is 14.3. The second kappa shape index (κ2) is 15.7. The Labute approximate surface area is 290 Å². The van der Waals surface area contributed by atoms with E-state index < -0.39 is 74.9 Å². The van der Waals surface area contributed by atoms with Crippen molar-refractivity contribution in [2.24, 2.45) is 0 Å². The lowest BCUT2D eigenvalue weighted by Crippen LogP contribution is -2.78. The van der Waals surface area contributed by atoms with Gasteiger partial charge in [-0.05, 0) is 87.6 Å². The number of amides is 4. The third kappa shape index (κ3) is 10.7. The first kappa shape index (κ1) is 38.8. The average molecular weight is 722 g/mol. The Morgan fingerprint density at radius 3 is 2.20 bits per heavy atom. The number of thiophene rings is 1. The molecule has 1 saturated heterocycles. The third-order valence-corrected chi connectivity index (χ3v) is 8.73. The number of nitrogens with zero attached hydrogens (tertiary/aromatic N) is 3. The molecule has 2 N–H and O–H groups in total. The molecule has 18 heteroatoms. The van der Waals surface area contributed by atoms with Crippen LogP contribution in [0.2, 0.25) is 0 Å². The molecule has 0 aliphatic carbocycles. The van der Waals surface area contributed by atoms with Gasteiger partial charge in [0.1, 0.15) is 29.2 Å². The summed E-state index contributed by atoms with van der Waals surface area (Å²) < 4.78 is 30.7. The van der Waals surface area contributed by atoms with E-state index in [1.54, 1.807) is 38.3 Å². The van der Waals surface area contributed by atoms with Crippen LogP contribution in [0.3, 0.4) is 0 Å². The highest BCUT2D eigenvalue weighted by molar-refractivity contribution is 7.90. The lowest BCUT2D eigenvalue weighted by Gasteiger charge is -2.49. The fourth-order valence-electron chi connectivity index (χ4n) is 4.36. The summed E-state index contributed by atoms with van der Waals surface area (Å²) in [6.45, 7) is 14.1. The van der Waals surface area contributed by atoms with Crippen molar-refractivity contribution in [3.8, 4) is 0 Å². The van der Waals surface area contributed by atoms with E-state index in [-0.39, 0.29) is 24.3 Å². The minimum absolute atomic E-state index is 0.0799. The smallest absolute Gasteiger partial charge is 0.472 e. The van der Waals surface area contributed by atoms with E-state index in [4.69, 9.17) is 14.2 Å². The van der Waals surface area contributed by atoms with Crippen molar-refractivity contribution >= 4 is 58.4 Å². The first-order valence-corrected chi connectivity index (χ1v) is 16.9. The molecule has 266 valence electrons. The number of likely N-dealkylation sites (tertiary alicyclic amines) is 1. The lowest BCUT2D eigenvalue weighted by molar-refractivity contribution is -0.384. The van der Waals surface area contributed by atoms with Crippen molar-refractivity contribution in [3.05, 3.63) is 74.5 Å². The van der Waals surface area contributed by atoms with Gasteiger partial charge in [-0.3, -0.25) is 24.6 Å². The topological polar surface area (TPSA) is 210 Å². The van der Waals surface area contributed by atoms with Crippen molar-refractivity contribution < 1.29 is 47.7 Å². The zero-order valence-corrected chi connectivity index (χ0v) is 29.7. The highest BCUT2D eigenvalue weighted by Crippen LogP contribution is 2.33. The number of non-ortho nitro benzene ring substituents is 1. The summed E-state index contributed by atoms with van der Waals surface area (Å²) in [5.74, 6) is -2.47. The van der Waals surface area contributed by atoms with Crippen molar-refractivity contribution in [1.29, 1.82) is 0 Å². The maximum atomic E-state index is 14.3. The van der Waals surface area contributed by atoms with Gasteiger partial charge in [0.05, 0.1) is 11.3 Å². The van der Waals surface area contributed by atoms with E-state index in [9.17, 15) is 38.6 Å². The Bertz CT molecular complexity index is 1570. The number of ether oxygens (including phenoxy) is 3. The molecular formula is C31H39N5O11S2. The fourth-order valence-corrected chi connectivity index (χ4v) is 6.47. The number of β-lactam (4-membered cyclic amide) rings is 1. The van der Waals surface area contributed by atoms with Crippen LogP contribution < -0.4 is 10.7 Å². The van der Waals surface area contributed by atoms with Gasteiger partial charge in [0.25, 0.3) is 11.6 Å². The first-order valence-electron chi connectivity index (χ1n) is 14.8. The molecule has 0 bridgehead atoms. The fraction of sp³-hybridized carbons (Fsp3) is 0.452. The Kier molecular flexibility index (Phi) is 12.4. The molecule has 4 amide bonds. The van der Waals surface area contributed by atoms with Crippen LogP contribution in [0.25, 0.3) is 0 Å². The van der Waals surface area contributed by atoms with Gasteiger partial charge in [0.2, 0.25) is 11.3 Å². The van der Waals surface area contributed by atoms with E-state index in [1.165, 1.54) is 63.3 Å². The van der Waals surface area contributed by atoms with Crippen LogP contribution in [-0.2, 0) is 53.0 Å². The standard InChI is InChI=1S/C31H39N5O11S2/c1-18(2)24(27(39)45-17-19-11-13-20(14-12-19)36(42)43)34-25(38)23(32-22(37)16-21-10-9-15-48-21)26(34)49(44)35(29(41)47-31(6,7)8)33-28(40)46-30(3,4)5/h9-15,23-24,26H,1,16-17H2,2-8H3,(H,32,37)(H,33,40). The Hall–Kier alpha value is -4.68. The molecule has 1 aromatic carbocycles.